The molecule has 34 heavy (non-hydrogen) atoms. The molecule has 0 bridgehead atoms. The van der Waals surface area contributed by atoms with Gasteiger partial charge in [-0.15, -0.1) is 0 Å². The third-order valence-corrected chi connectivity index (χ3v) is 7.01. The van der Waals surface area contributed by atoms with E-state index in [1.54, 1.807) is 23.1 Å². The van der Waals surface area contributed by atoms with Crippen molar-refractivity contribution >= 4 is 61.7 Å². The zero-order valence-electron chi connectivity index (χ0n) is 19.1. The molecule has 0 heterocycles. The standard InChI is InChI=1S/C26H27BrCl2N2O3/c1-3-13-30-26(33)22(4-2)31(15-17-9-11-20(28)21(29)14-17)24(32)16-34-23-12-10-18-7-5-6-8-19(18)25(23)27/h5-12,14,22H,3-4,13,15-16H2,1-2H3,(H,30,33). The highest BCUT2D eigenvalue weighted by molar-refractivity contribution is 9.10. The molecule has 0 aliphatic rings. The van der Waals surface area contributed by atoms with Gasteiger partial charge in [-0.05, 0) is 63.3 Å². The van der Waals surface area contributed by atoms with Gasteiger partial charge in [-0.3, -0.25) is 9.59 Å². The van der Waals surface area contributed by atoms with Crippen LogP contribution in [0.3, 0.4) is 0 Å². The van der Waals surface area contributed by atoms with E-state index in [1.165, 1.54) is 0 Å². The van der Waals surface area contributed by atoms with Gasteiger partial charge in [-0.25, -0.2) is 0 Å². The number of nitrogens with zero attached hydrogens (tertiary/aromatic N) is 1. The van der Waals surface area contributed by atoms with Crippen LogP contribution in [0.5, 0.6) is 5.75 Å². The minimum absolute atomic E-state index is 0.190. The summed E-state index contributed by atoms with van der Waals surface area (Å²) in [5.41, 5.74) is 0.774. The predicted molar refractivity (Wildman–Crippen MR) is 142 cm³/mol. The molecule has 0 aromatic heterocycles. The Kier molecular flexibility index (Phi) is 9.63. The Bertz CT molecular complexity index is 1170. The number of ether oxygens (including phenoxy) is 1. The second-order valence-corrected chi connectivity index (χ2v) is 9.48. The first-order chi connectivity index (χ1) is 16.3. The molecule has 2 amide bonds. The lowest BCUT2D eigenvalue weighted by molar-refractivity contribution is -0.143. The molecule has 0 spiro atoms. The lowest BCUT2D eigenvalue weighted by atomic mass is 10.1. The molecule has 0 aliphatic carbocycles. The van der Waals surface area contributed by atoms with Crippen LogP contribution in [0.15, 0.2) is 59.1 Å². The molecule has 1 N–H and O–H groups in total. The van der Waals surface area contributed by atoms with Gasteiger partial charge in [0.05, 0.1) is 14.5 Å². The van der Waals surface area contributed by atoms with Gasteiger partial charge in [-0.2, -0.15) is 0 Å². The Labute approximate surface area is 218 Å². The fourth-order valence-corrected chi connectivity index (χ4v) is 4.60. The summed E-state index contributed by atoms with van der Waals surface area (Å²) in [4.78, 5) is 27.8. The number of benzene rings is 3. The van der Waals surface area contributed by atoms with Gasteiger partial charge in [0.15, 0.2) is 6.61 Å². The molecule has 8 heteroatoms. The van der Waals surface area contributed by atoms with E-state index in [4.69, 9.17) is 27.9 Å². The number of carbonyl (C=O) groups excluding carboxylic acids is 2. The van der Waals surface area contributed by atoms with Crippen molar-refractivity contribution in [2.45, 2.75) is 39.3 Å². The Morgan fingerprint density at radius 1 is 1.06 bits per heavy atom. The molecule has 0 fully saturated rings. The van der Waals surface area contributed by atoms with Crippen molar-refractivity contribution in [3.05, 3.63) is 74.7 Å². The summed E-state index contributed by atoms with van der Waals surface area (Å²) in [7, 11) is 0. The lowest BCUT2D eigenvalue weighted by Crippen LogP contribution is -2.50. The highest BCUT2D eigenvalue weighted by Crippen LogP contribution is 2.33. The first kappa shape index (κ1) is 26.3. The second-order valence-electron chi connectivity index (χ2n) is 7.87. The molecule has 3 aromatic rings. The average Bonchev–Trinajstić information content (AvgIpc) is 2.84. The van der Waals surface area contributed by atoms with Crippen molar-refractivity contribution in [3.63, 3.8) is 0 Å². The molecule has 1 atom stereocenters. The van der Waals surface area contributed by atoms with Gasteiger partial charge in [0.2, 0.25) is 5.91 Å². The van der Waals surface area contributed by atoms with Crippen molar-refractivity contribution in [2.24, 2.45) is 0 Å². The summed E-state index contributed by atoms with van der Waals surface area (Å²) in [5.74, 6) is 0.0688. The van der Waals surface area contributed by atoms with E-state index in [0.29, 0.717) is 28.8 Å². The highest BCUT2D eigenvalue weighted by atomic mass is 79.9. The number of carbonyl (C=O) groups is 2. The molecule has 180 valence electrons. The number of rotatable bonds is 10. The molecule has 3 aromatic carbocycles. The SMILES string of the molecule is CCCNC(=O)C(CC)N(Cc1ccc(Cl)c(Cl)c1)C(=O)COc1ccc2ccccc2c1Br. The number of halogens is 3. The Balaban J connectivity index is 1.83. The smallest absolute Gasteiger partial charge is 0.261 e. The maximum absolute atomic E-state index is 13.4. The fraction of sp³-hybridized carbons (Fsp3) is 0.308. The summed E-state index contributed by atoms with van der Waals surface area (Å²) in [6.07, 6.45) is 1.27. The van der Waals surface area contributed by atoms with Gasteiger partial charge in [0, 0.05) is 13.1 Å². The van der Waals surface area contributed by atoms with E-state index in [-0.39, 0.29) is 25.0 Å². The zero-order valence-corrected chi connectivity index (χ0v) is 22.2. The first-order valence-electron chi connectivity index (χ1n) is 11.2. The van der Waals surface area contributed by atoms with Gasteiger partial charge >= 0.3 is 0 Å². The molecule has 1 unspecified atom stereocenters. The summed E-state index contributed by atoms with van der Waals surface area (Å²) in [5, 5.41) is 5.78. The second kappa shape index (κ2) is 12.4. The van der Waals surface area contributed by atoms with Crippen molar-refractivity contribution in [1.29, 1.82) is 0 Å². The minimum Gasteiger partial charge on any atom is -0.483 e. The van der Waals surface area contributed by atoms with Gasteiger partial charge in [0.1, 0.15) is 11.8 Å². The van der Waals surface area contributed by atoms with Gasteiger partial charge < -0.3 is 15.0 Å². The quantitative estimate of drug-likeness (QED) is 0.300. The van der Waals surface area contributed by atoms with Crippen LogP contribution in [0.1, 0.15) is 32.3 Å². The number of hydrogen-bond acceptors (Lipinski definition) is 3. The molecule has 0 saturated heterocycles. The van der Waals surface area contributed by atoms with Gasteiger partial charge in [-0.1, -0.05) is 73.4 Å². The molecule has 3 rings (SSSR count). The molecule has 0 radical (unpaired) electrons. The predicted octanol–water partition coefficient (Wildman–Crippen LogP) is 6.62. The van der Waals surface area contributed by atoms with E-state index < -0.39 is 6.04 Å². The van der Waals surface area contributed by atoms with Crippen LogP contribution in [0.4, 0.5) is 0 Å². The topological polar surface area (TPSA) is 58.6 Å². The van der Waals surface area contributed by atoms with Crippen LogP contribution in [0.25, 0.3) is 10.8 Å². The van der Waals surface area contributed by atoms with Crippen molar-refractivity contribution < 1.29 is 14.3 Å². The van der Waals surface area contributed by atoms with E-state index >= 15 is 0 Å². The third kappa shape index (κ3) is 6.44. The van der Waals surface area contributed by atoms with Gasteiger partial charge in [0.25, 0.3) is 5.91 Å². The van der Waals surface area contributed by atoms with Crippen LogP contribution < -0.4 is 10.1 Å². The third-order valence-electron chi connectivity index (χ3n) is 5.45. The highest BCUT2D eigenvalue weighted by Gasteiger charge is 2.29. The molecular weight excluding hydrogens is 539 g/mol. The van der Waals surface area contributed by atoms with E-state index in [1.807, 2.05) is 50.2 Å². The van der Waals surface area contributed by atoms with Crippen molar-refractivity contribution in [3.8, 4) is 5.75 Å². The van der Waals surface area contributed by atoms with Crippen LogP contribution in [0, 0.1) is 0 Å². The maximum Gasteiger partial charge on any atom is 0.261 e. The van der Waals surface area contributed by atoms with Crippen LogP contribution in [-0.4, -0.2) is 35.9 Å². The molecular formula is C26H27BrCl2N2O3. The largest absolute Gasteiger partial charge is 0.483 e. The van der Waals surface area contributed by atoms with E-state index in [2.05, 4.69) is 21.2 Å². The molecule has 5 nitrogen and oxygen atoms in total. The Morgan fingerprint density at radius 2 is 1.82 bits per heavy atom. The summed E-state index contributed by atoms with van der Waals surface area (Å²) >= 11 is 15.8. The van der Waals surface area contributed by atoms with Crippen LogP contribution in [-0.2, 0) is 16.1 Å². The Morgan fingerprint density at radius 3 is 2.53 bits per heavy atom. The van der Waals surface area contributed by atoms with Crippen molar-refractivity contribution in [1.82, 2.24) is 10.2 Å². The number of hydrogen-bond donors (Lipinski definition) is 1. The first-order valence-corrected chi connectivity index (χ1v) is 12.7. The zero-order chi connectivity index (χ0) is 24.7. The molecule has 0 saturated carbocycles. The summed E-state index contributed by atoms with van der Waals surface area (Å²) in [6, 6.07) is 16.2. The number of fused-ring (bicyclic) bond motifs is 1. The number of amides is 2. The van der Waals surface area contributed by atoms with Crippen molar-refractivity contribution in [2.75, 3.05) is 13.2 Å². The fourth-order valence-electron chi connectivity index (χ4n) is 3.67. The molecule has 0 aliphatic heterocycles. The summed E-state index contributed by atoms with van der Waals surface area (Å²) in [6.45, 7) is 4.40. The van der Waals surface area contributed by atoms with Crippen LogP contribution >= 0.6 is 39.1 Å². The monoisotopic (exact) mass is 564 g/mol. The lowest BCUT2D eigenvalue weighted by Gasteiger charge is -2.30. The van der Waals surface area contributed by atoms with E-state index in [9.17, 15) is 9.59 Å². The van der Waals surface area contributed by atoms with Crippen LogP contribution in [0.2, 0.25) is 10.0 Å². The summed E-state index contributed by atoms with van der Waals surface area (Å²) < 4.78 is 6.69. The maximum atomic E-state index is 13.4. The average molecular weight is 566 g/mol. The normalized spacial score (nSPS) is 11.8. The van der Waals surface area contributed by atoms with E-state index in [0.717, 1.165) is 27.2 Å². The Hall–Kier alpha value is -2.28. The number of nitrogens with one attached hydrogen (secondary N) is 1. The minimum atomic E-state index is -0.642.